The highest BCUT2D eigenvalue weighted by atomic mass is 16.3. The van der Waals surface area contributed by atoms with Gasteiger partial charge >= 0.3 is 0 Å². The van der Waals surface area contributed by atoms with Gasteiger partial charge in [0, 0.05) is 31.4 Å². The zero-order valence-corrected chi connectivity index (χ0v) is 14.7. The highest BCUT2D eigenvalue weighted by molar-refractivity contribution is 5.79. The smallest absolute Gasteiger partial charge is 0.191 e. The van der Waals surface area contributed by atoms with Crippen molar-refractivity contribution in [2.24, 2.45) is 4.99 Å². The van der Waals surface area contributed by atoms with Crippen molar-refractivity contribution in [2.75, 3.05) is 33.7 Å². The Morgan fingerprint density at radius 2 is 2.12 bits per heavy atom. The summed E-state index contributed by atoms with van der Waals surface area (Å²) in [6, 6.07) is 9.98. The predicted octanol–water partition coefficient (Wildman–Crippen LogP) is 2.08. The van der Waals surface area contributed by atoms with Crippen molar-refractivity contribution in [3.8, 4) is 0 Å². The van der Waals surface area contributed by atoms with Gasteiger partial charge in [0.1, 0.15) is 5.76 Å². The Balaban J connectivity index is 1.91. The summed E-state index contributed by atoms with van der Waals surface area (Å²) in [5.74, 6) is 1.74. The molecular weight excluding hydrogens is 302 g/mol. The molecule has 0 bridgehead atoms. The quantitative estimate of drug-likeness (QED) is 0.573. The number of hydrogen-bond acceptors (Lipinski definition) is 4. The second-order valence-electron chi connectivity index (χ2n) is 5.71. The van der Waals surface area contributed by atoms with E-state index in [2.05, 4.69) is 27.4 Å². The fraction of sp³-hybridized carbons (Fsp3) is 0.444. The lowest BCUT2D eigenvalue weighted by molar-refractivity contribution is 0.265. The molecule has 0 saturated heterocycles. The maximum absolute atomic E-state index is 5.53. The van der Waals surface area contributed by atoms with Crippen molar-refractivity contribution >= 4 is 5.96 Å². The lowest BCUT2D eigenvalue weighted by atomic mass is 10.2. The van der Waals surface area contributed by atoms with Crippen LogP contribution >= 0.6 is 0 Å². The number of likely N-dealkylation sites (N-methyl/N-ethyl adjacent to an activating group) is 1. The zero-order valence-electron chi connectivity index (χ0n) is 14.7. The zero-order chi connectivity index (χ0) is 17.2. The van der Waals surface area contributed by atoms with Crippen LogP contribution < -0.4 is 10.6 Å². The average molecular weight is 329 g/mol. The maximum atomic E-state index is 5.53. The fourth-order valence-electron chi connectivity index (χ4n) is 2.36. The molecule has 0 amide bonds. The summed E-state index contributed by atoms with van der Waals surface area (Å²) in [4.78, 5) is 11.1. The summed E-state index contributed by atoms with van der Waals surface area (Å²) in [5.41, 5.74) is 1.07. The van der Waals surface area contributed by atoms with Gasteiger partial charge in [-0.05, 0) is 45.3 Å². The maximum Gasteiger partial charge on any atom is 0.191 e. The molecule has 2 rings (SSSR count). The fourth-order valence-corrected chi connectivity index (χ4v) is 2.36. The first-order chi connectivity index (χ1) is 11.7. The Kier molecular flexibility index (Phi) is 7.29. The molecule has 0 aliphatic heterocycles. The molecule has 2 N–H and O–H groups in total. The molecule has 1 atom stereocenters. The van der Waals surface area contributed by atoms with E-state index >= 15 is 0 Å². The van der Waals surface area contributed by atoms with Crippen molar-refractivity contribution in [1.29, 1.82) is 0 Å². The number of furan rings is 1. The Morgan fingerprint density at radius 3 is 2.75 bits per heavy atom. The Hall–Kier alpha value is -2.34. The van der Waals surface area contributed by atoms with Crippen molar-refractivity contribution in [3.05, 3.63) is 54.2 Å². The van der Waals surface area contributed by atoms with E-state index in [0.29, 0.717) is 6.54 Å². The number of nitrogens with zero attached hydrogens (tertiary/aromatic N) is 3. The molecule has 0 aromatic carbocycles. The molecule has 2 heterocycles. The van der Waals surface area contributed by atoms with E-state index < -0.39 is 0 Å². The van der Waals surface area contributed by atoms with Crippen LogP contribution in [0.5, 0.6) is 0 Å². The molecule has 0 saturated carbocycles. The molecule has 2 aromatic heterocycles. The Bertz CT molecular complexity index is 595. The summed E-state index contributed by atoms with van der Waals surface area (Å²) in [5, 5.41) is 6.64. The lowest BCUT2D eigenvalue weighted by Crippen LogP contribution is -2.39. The monoisotopic (exact) mass is 329 g/mol. The predicted molar refractivity (Wildman–Crippen MR) is 97.1 cm³/mol. The molecule has 0 fully saturated rings. The topological polar surface area (TPSA) is 65.7 Å². The molecule has 24 heavy (non-hydrogen) atoms. The van der Waals surface area contributed by atoms with Crippen molar-refractivity contribution < 1.29 is 4.42 Å². The van der Waals surface area contributed by atoms with Crippen molar-refractivity contribution in [3.63, 3.8) is 0 Å². The minimum atomic E-state index is 0.117. The molecule has 0 spiro atoms. The third kappa shape index (κ3) is 5.70. The lowest BCUT2D eigenvalue weighted by Gasteiger charge is -2.21. The van der Waals surface area contributed by atoms with Crippen LogP contribution in [0.3, 0.4) is 0 Å². The van der Waals surface area contributed by atoms with Gasteiger partial charge in [-0.15, -0.1) is 0 Å². The Labute approximate surface area is 144 Å². The van der Waals surface area contributed by atoms with E-state index in [4.69, 9.17) is 9.41 Å². The number of pyridine rings is 1. The first-order valence-electron chi connectivity index (χ1n) is 8.32. The van der Waals surface area contributed by atoms with Gasteiger partial charge in [-0.2, -0.15) is 0 Å². The molecule has 2 aromatic rings. The first-order valence-corrected chi connectivity index (χ1v) is 8.32. The van der Waals surface area contributed by atoms with Crippen molar-refractivity contribution in [2.45, 2.75) is 19.4 Å². The molecular formula is C18H27N5O. The number of aromatic nitrogens is 1. The van der Waals surface area contributed by atoms with Gasteiger partial charge in [0.05, 0.1) is 18.8 Å². The van der Waals surface area contributed by atoms with Gasteiger partial charge in [-0.3, -0.25) is 14.9 Å². The van der Waals surface area contributed by atoms with E-state index in [1.165, 1.54) is 0 Å². The number of hydrogen-bond donors (Lipinski definition) is 2. The van der Waals surface area contributed by atoms with Gasteiger partial charge in [-0.25, -0.2) is 0 Å². The first kappa shape index (κ1) is 18.0. The minimum Gasteiger partial charge on any atom is -0.468 e. The highest BCUT2D eigenvalue weighted by Gasteiger charge is 2.16. The molecule has 1 unspecified atom stereocenters. The summed E-state index contributed by atoms with van der Waals surface area (Å²) in [7, 11) is 4.06. The van der Waals surface area contributed by atoms with Gasteiger partial charge in [-0.1, -0.05) is 6.07 Å². The second kappa shape index (κ2) is 9.72. The van der Waals surface area contributed by atoms with E-state index in [9.17, 15) is 0 Å². The summed E-state index contributed by atoms with van der Waals surface area (Å²) >= 11 is 0. The van der Waals surface area contributed by atoms with Crippen LogP contribution in [0.25, 0.3) is 0 Å². The standard InChI is InChI=1S/C18H27N5O/c1-4-19-18(21-12-10-15-8-5-6-11-20-15)22-14-16(23(2)3)17-9-7-13-24-17/h5-9,11,13,16H,4,10,12,14H2,1-3H3,(H2,19,21,22). The van der Waals surface area contributed by atoms with Crippen LogP contribution in [0.15, 0.2) is 52.2 Å². The molecule has 0 aliphatic rings. The molecule has 0 radical (unpaired) electrons. The normalized spacial score (nSPS) is 13.1. The number of nitrogens with one attached hydrogen (secondary N) is 2. The largest absolute Gasteiger partial charge is 0.468 e. The number of guanidine groups is 1. The van der Waals surface area contributed by atoms with Crippen LogP contribution in [-0.2, 0) is 6.42 Å². The van der Waals surface area contributed by atoms with E-state index in [1.807, 2.05) is 50.6 Å². The van der Waals surface area contributed by atoms with Crippen LogP contribution in [0.2, 0.25) is 0 Å². The average Bonchev–Trinajstić information content (AvgIpc) is 3.10. The van der Waals surface area contributed by atoms with Crippen LogP contribution in [0, 0.1) is 0 Å². The van der Waals surface area contributed by atoms with Gasteiger partial charge in [0.15, 0.2) is 5.96 Å². The van der Waals surface area contributed by atoms with Gasteiger partial charge < -0.3 is 15.1 Å². The van der Waals surface area contributed by atoms with E-state index in [1.54, 1.807) is 6.26 Å². The third-order valence-corrected chi connectivity index (χ3v) is 3.66. The number of rotatable bonds is 8. The Morgan fingerprint density at radius 1 is 1.25 bits per heavy atom. The van der Waals surface area contributed by atoms with E-state index in [-0.39, 0.29) is 6.04 Å². The SMILES string of the molecule is CCNC(=NCC(c1ccco1)N(C)C)NCCc1ccccn1. The van der Waals surface area contributed by atoms with Crippen LogP contribution in [-0.4, -0.2) is 49.6 Å². The van der Waals surface area contributed by atoms with E-state index in [0.717, 1.165) is 36.9 Å². The second-order valence-corrected chi connectivity index (χ2v) is 5.71. The third-order valence-electron chi connectivity index (χ3n) is 3.66. The number of aliphatic imine (C=N–C) groups is 1. The van der Waals surface area contributed by atoms with Gasteiger partial charge in [0.25, 0.3) is 0 Å². The van der Waals surface area contributed by atoms with Gasteiger partial charge in [0.2, 0.25) is 0 Å². The molecule has 0 aliphatic carbocycles. The summed E-state index contributed by atoms with van der Waals surface area (Å²) in [6.07, 6.45) is 4.38. The van der Waals surface area contributed by atoms with Crippen LogP contribution in [0.4, 0.5) is 0 Å². The summed E-state index contributed by atoms with van der Waals surface area (Å²) < 4.78 is 5.53. The minimum absolute atomic E-state index is 0.117. The molecule has 6 nitrogen and oxygen atoms in total. The summed E-state index contributed by atoms with van der Waals surface area (Å²) in [6.45, 7) is 4.30. The highest BCUT2D eigenvalue weighted by Crippen LogP contribution is 2.18. The van der Waals surface area contributed by atoms with Crippen LogP contribution in [0.1, 0.15) is 24.4 Å². The molecule has 6 heteroatoms. The molecule has 130 valence electrons. The van der Waals surface area contributed by atoms with Crippen molar-refractivity contribution in [1.82, 2.24) is 20.5 Å².